The van der Waals surface area contributed by atoms with Crippen molar-refractivity contribution in [3.05, 3.63) is 52.3 Å². The van der Waals surface area contributed by atoms with Crippen LogP contribution >= 0.6 is 11.6 Å². The van der Waals surface area contributed by atoms with Crippen LogP contribution < -0.4 is 10.5 Å². The Hall–Kier alpha value is -1.79. The molecular formula is C14H14ClFN2O2S. The summed E-state index contributed by atoms with van der Waals surface area (Å²) < 4.78 is 40.6. The average Bonchev–Trinajstić information content (AvgIpc) is 2.40. The van der Waals surface area contributed by atoms with E-state index in [1.54, 1.807) is 19.9 Å². The summed E-state index contributed by atoms with van der Waals surface area (Å²) in [7, 11) is -3.97. The molecule has 4 nitrogen and oxygen atoms in total. The third-order valence-corrected chi connectivity index (χ3v) is 4.85. The number of nitrogen functional groups attached to an aromatic ring is 1. The van der Waals surface area contributed by atoms with E-state index < -0.39 is 15.8 Å². The number of hydrogen-bond donors (Lipinski definition) is 2. The van der Waals surface area contributed by atoms with Gasteiger partial charge in [0, 0.05) is 10.7 Å². The lowest BCUT2D eigenvalue weighted by Gasteiger charge is -2.13. The molecule has 0 aromatic heterocycles. The van der Waals surface area contributed by atoms with Crippen molar-refractivity contribution in [3.8, 4) is 0 Å². The SMILES string of the molecule is Cc1cccc(F)c1NS(=O)(=O)c1cc(N)c(C)c(Cl)c1. The predicted octanol–water partition coefficient (Wildman–Crippen LogP) is 3.48. The van der Waals surface area contributed by atoms with Gasteiger partial charge in [0.15, 0.2) is 0 Å². The van der Waals surface area contributed by atoms with Gasteiger partial charge in [0.2, 0.25) is 0 Å². The molecule has 21 heavy (non-hydrogen) atoms. The van der Waals surface area contributed by atoms with Gasteiger partial charge in [0.25, 0.3) is 10.0 Å². The fourth-order valence-electron chi connectivity index (χ4n) is 1.78. The minimum atomic E-state index is -3.97. The smallest absolute Gasteiger partial charge is 0.262 e. The molecule has 0 unspecified atom stereocenters. The zero-order valence-corrected chi connectivity index (χ0v) is 13.0. The van der Waals surface area contributed by atoms with Crippen LogP contribution in [-0.2, 0) is 10.0 Å². The fourth-order valence-corrected chi connectivity index (χ4v) is 3.28. The van der Waals surface area contributed by atoms with Crippen molar-refractivity contribution in [2.24, 2.45) is 0 Å². The molecule has 0 aliphatic heterocycles. The molecule has 2 aromatic rings. The first kappa shape index (κ1) is 15.6. The molecule has 7 heteroatoms. The van der Waals surface area contributed by atoms with Crippen molar-refractivity contribution >= 4 is 33.0 Å². The third-order valence-electron chi connectivity index (χ3n) is 3.13. The Balaban J connectivity index is 2.49. The second-order valence-corrected chi connectivity index (χ2v) is 6.75. The van der Waals surface area contributed by atoms with Crippen LogP contribution in [0.4, 0.5) is 15.8 Å². The summed E-state index contributed by atoms with van der Waals surface area (Å²) >= 11 is 5.94. The number of rotatable bonds is 3. The zero-order chi connectivity index (χ0) is 15.8. The molecule has 3 N–H and O–H groups in total. The summed E-state index contributed by atoms with van der Waals surface area (Å²) in [4.78, 5) is -0.113. The summed E-state index contributed by atoms with van der Waals surface area (Å²) in [6.07, 6.45) is 0. The molecule has 0 heterocycles. The summed E-state index contributed by atoms with van der Waals surface area (Å²) in [6.45, 7) is 3.29. The molecule has 0 bridgehead atoms. The molecule has 2 aromatic carbocycles. The van der Waals surface area contributed by atoms with Crippen LogP contribution in [0.15, 0.2) is 35.2 Å². The molecule has 0 radical (unpaired) electrons. The maximum absolute atomic E-state index is 13.7. The summed E-state index contributed by atoms with van der Waals surface area (Å²) in [5, 5.41) is 0.237. The Labute approximate surface area is 127 Å². The Bertz CT molecular complexity index is 763. The highest BCUT2D eigenvalue weighted by Gasteiger charge is 2.19. The molecule has 0 aliphatic rings. The highest BCUT2D eigenvalue weighted by atomic mass is 35.5. The highest BCUT2D eigenvalue weighted by Crippen LogP contribution is 2.28. The Kier molecular flexibility index (Phi) is 4.11. The second-order valence-electron chi connectivity index (χ2n) is 4.66. The monoisotopic (exact) mass is 328 g/mol. The Morgan fingerprint density at radius 1 is 1.24 bits per heavy atom. The van der Waals surface area contributed by atoms with E-state index in [0.717, 1.165) is 0 Å². The van der Waals surface area contributed by atoms with Crippen LogP contribution in [0, 0.1) is 19.7 Å². The molecule has 0 saturated carbocycles. The van der Waals surface area contributed by atoms with Crippen LogP contribution in [0.1, 0.15) is 11.1 Å². The van der Waals surface area contributed by atoms with Gasteiger partial charge in [-0.25, -0.2) is 12.8 Å². The molecule has 0 fully saturated rings. The van der Waals surface area contributed by atoms with Gasteiger partial charge in [-0.05, 0) is 43.2 Å². The number of anilines is 2. The van der Waals surface area contributed by atoms with Crippen LogP contribution in [0.3, 0.4) is 0 Å². The third kappa shape index (κ3) is 3.11. The van der Waals surface area contributed by atoms with Gasteiger partial charge >= 0.3 is 0 Å². The highest BCUT2D eigenvalue weighted by molar-refractivity contribution is 7.92. The van der Waals surface area contributed by atoms with Crippen molar-refractivity contribution in [2.75, 3.05) is 10.5 Å². The average molecular weight is 329 g/mol. The molecular weight excluding hydrogens is 315 g/mol. The summed E-state index contributed by atoms with van der Waals surface area (Å²) in [5.41, 5.74) is 6.96. The maximum Gasteiger partial charge on any atom is 0.262 e. The van der Waals surface area contributed by atoms with Crippen molar-refractivity contribution in [1.29, 1.82) is 0 Å². The van der Waals surface area contributed by atoms with Gasteiger partial charge < -0.3 is 5.73 Å². The number of benzene rings is 2. The number of hydrogen-bond acceptors (Lipinski definition) is 3. The minimum absolute atomic E-state index is 0.0900. The summed E-state index contributed by atoms with van der Waals surface area (Å²) in [5.74, 6) is -0.648. The van der Waals surface area contributed by atoms with Gasteiger partial charge in [-0.15, -0.1) is 0 Å². The standard InChI is InChI=1S/C14H14ClFN2O2S/c1-8-4-3-5-12(16)14(8)18-21(19,20)10-6-11(15)9(2)13(17)7-10/h3-7,18H,17H2,1-2H3. The van der Waals surface area contributed by atoms with Crippen molar-refractivity contribution in [1.82, 2.24) is 0 Å². The lowest BCUT2D eigenvalue weighted by atomic mass is 10.2. The quantitative estimate of drug-likeness (QED) is 0.847. The van der Waals surface area contributed by atoms with E-state index >= 15 is 0 Å². The topological polar surface area (TPSA) is 72.2 Å². The van der Waals surface area contributed by atoms with Gasteiger partial charge in [-0.2, -0.15) is 0 Å². The van der Waals surface area contributed by atoms with Gasteiger partial charge in [0.1, 0.15) is 5.82 Å². The van der Waals surface area contributed by atoms with E-state index in [4.69, 9.17) is 17.3 Å². The van der Waals surface area contributed by atoms with E-state index in [-0.39, 0.29) is 21.3 Å². The van der Waals surface area contributed by atoms with Crippen molar-refractivity contribution in [3.63, 3.8) is 0 Å². The minimum Gasteiger partial charge on any atom is -0.398 e. The number of aryl methyl sites for hydroxylation is 1. The van der Waals surface area contributed by atoms with Crippen LogP contribution in [0.5, 0.6) is 0 Å². The number of para-hydroxylation sites is 1. The molecule has 0 spiro atoms. The van der Waals surface area contributed by atoms with E-state index in [9.17, 15) is 12.8 Å². The first-order chi connectivity index (χ1) is 9.72. The van der Waals surface area contributed by atoms with Crippen molar-refractivity contribution < 1.29 is 12.8 Å². The Morgan fingerprint density at radius 2 is 1.90 bits per heavy atom. The second kappa shape index (κ2) is 5.54. The lowest BCUT2D eigenvalue weighted by molar-refractivity contribution is 0.598. The normalized spacial score (nSPS) is 11.4. The number of nitrogens with two attached hydrogens (primary N) is 1. The summed E-state index contributed by atoms with van der Waals surface area (Å²) in [6, 6.07) is 6.87. The van der Waals surface area contributed by atoms with Gasteiger partial charge in [0.05, 0.1) is 10.6 Å². The molecule has 0 saturated heterocycles. The van der Waals surface area contributed by atoms with Gasteiger partial charge in [-0.1, -0.05) is 23.7 Å². The van der Waals surface area contributed by atoms with E-state index in [2.05, 4.69) is 4.72 Å². The van der Waals surface area contributed by atoms with E-state index in [0.29, 0.717) is 11.1 Å². The van der Waals surface area contributed by atoms with Crippen LogP contribution in [0.2, 0.25) is 5.02 Å². The van der Waals surface area contributed by atoms with Crippen LogP contribution in [-0.4, -0.2) is 8.42 Å². The predicted molar refractivity (Wildman–Crippen MR) is 82.5 cm³/mol. The Morgan fingerprint density at radius 3 is 2.48 bits per heavy atom. The van der Waals surface area contributed by atoms with Gasteiger partial charge in [-0.3, -0.25) is 4.72 Å². The van der Waals surface area contributed by atoms with E-state index in [1.807, 2.05) is 0 Å². The first-order valence-electron chi connectivity index (χ1n) is 6.06. The molecule has 112 valence electrons. The fraction of sp³-hybridized carbons (Fsp3) is 0.143. The van der Waals surface area contributed by atoms with E-state index in [1.165, 1.54) is 24.3 Å². The largest absolute Gasteiger partial charge is 0.398 e. The molecule has 0 aliphatic carbocycles. The molecule has 2 rings (SSSR count). The lowest BCUT2D eigenvalue weighted by Crippen LogP contribution is -2.15. The zero-order valence-electron chi connectivity index (χ0n) is 11.4. The maximum atomic E-state index is 13.7. The number of nitrogens with one attached hydrogen (secondary N) is 1. The van der Waals surface area contributed by atoms with Crippen molar-refractivity contribution in [2.45, 2.75) is 18.7 Å². The molecule has 0 amide bonds. The molecule has 0 atom stereocenters. The number of halogens is 2. The number of sulfonamides is 1. The first-order valence-corrected chi connectivity index (χ1v) is 7.92. The van der Waals surface area contributed by atoms with Crippen LogP contribution in [0.25, 0.3) is 0 Å².